The van der Waals surface area contributed by atoms with Crippen LogP contribution >= 0.6 is 23.2 Å². The van der Waals surface area contributed by atoms with Gasteiger partial charge in [0, 0.05) is 17.0 Å². The molecule has 0 aliphatic heterocycles. The summed E-state index contributed by atoms with van der Waals surface area (Å²) in [6.45, 7) is 1.79. The smallest absolute Gasteiger partial charge is 0.164 e. The molecule has 0 heterocycles. The maximum atomic E-state index is 11.2. The van der Waals surface area contributed by atoms with Crippen LogP contribution in [0.4, 0.5) is 0 Å². The van der Waals surface area contributed by atoms with Crippen LogP contribution in [0.25, 0.3) is 0 Å². The molecule has 0 bridgehead atoms. The number of carbonyl (C=O) groups excluding carboxylic acids is 1. The van der Waals surface area contributed by atoms with E-state index in [2.05, 4.69) is 0 Å². The van der Waals surface area contributed by atoms with Crippen molar-refractivity contribution in [2.24, 2.45) is 0 Å². The van der Waals surface area contributed by atoms with Gasteiger partial charge < -0.3 is 0 Å². The van der Waals surface area contributed by atoms with Gasteiger partial charge in [0.15, 0.2) is 5.78 Å². The SMILES string of the molecule is CCC(=O)c1cc(Cl)ccc1Cl. The summed E-state index contributed by atoms with van der Waals surface area (Å²) in [5.41, 5.74) is 0.506. The highest BCUT2D eigenvalue weighted by molar-refractivity contribution is 6.35. The lowest BCUT2D eigenvalue weighted by atomic mass is 10.1. The van der Waals surface area contributed by atoms with Crippen molar-refractivity contribution < 1.29 is 4.79 Å². The molecule has 1 nitrogen and oxygen atoms in total. The van der Waals surface area contributed by atoms with Crippen molar-refractivity contribution in [1.82, 2.24) is 0 Å². The van der Waals surface area contributed by atoms with Gasteiger partial charge in [-0.1, -0.05) is 30.1 Å². The highest BCUT2D eigenvalue weighted by Crippen LogP contribution is 2.21. The Morgan fingerprint density at radius 2 is 2.08 bits per heavy atom. The number of rotatable bonds is 2. The first-order chi connectivity index (χ1) is 5.65. The van der Waals surface area contributed by atoms with E-state index in [4.69, 9.17) is 23.2 Å². The maximum Gasteiger partial charge on any atom is 0.164 e. The van der Waals surface area contributed by atoms with Gasteiger partial charge in [0.05, 0.1) is 5.02 Å². The van der Waals surface area contributed by atoms with Gasteiger partial charge in [-0.2, -0.15) is 0 Å². The molecule has 1 aromatic rings. The maximum absolute atomic E-state index is 11.2. The molecular formula is C9H8Cl2O. The van der Waals surface area contributed by atoms with Crippen molar-refractivity contribution in [3.8, 4) is 0 Å². The molecule has 0 aromatic heterocycles. The molecule has 0 aliphatic carbocycles. The predicted molar refractivity (Wildman–Crippen MR) is 51.1 cm³/mol. The Labute approximate surface area is 81.3 Å². The predicted octanol–water partition coefficient (Wildman–Crippen LogP) is 3.59. The van der Waals surface area contributed by atoms with Crippen LogP contribution in [0.3, 0.4) is 0 Å². The average Bonchev–Trinajstić information content (AvgIpc) is 2.08. The first kappa shape index (κ1) is 9.56. The zero-order valence-electron chi connectivity index (χ0n) is 6.60. The lowest BCUT2D eigenvalue weighted by Crippen LogP contribution is -1.96. The standard InChI is InChI=1S/C9H8Cl2O/c1-2-9(12)7-5-6(10)3-4-8(7)11/h3-5H,2H2,1H3. The Morgan fingerprint density at radius 3 is 2.67 bits per heavy atom. The molecule has 1 rings (SSSR count). The normalized spacial score (nSPS) is 9.92. The summed E-state index contributed by atoms with van der Waals surface area (Å²) >= 11 is 11.5. The summed E-state index contributed by atoms with van der Waals surface area (Å²) in [6, 6.07) is 4.89. The van der Waals surface area contributed by atoms with E-state index in [0.717, 1.165) is 0 Å². The van der Waals surface area contributed by atoms with Crippen LogP contribution in [0.1, 0.15) is 23.7 Å². The molecule has 0 saturated heterocycles. The topological polar surface area (TPSA) is 17.1 Å². The molecule has 0 amide bonds. The molecule has 1 aromatic carbocycles. The fourth-order valence-electron chi connectivity index (χ4n) is 0.902. The Morgan fingerprint density at radius 1 is 1.42 bits per heavy atom. The van der Waals surface area contributed by atoms with Crippen LogP contribution < -0.4 is 0 Å². The number of benzene rings is 1. The Balaban J connectivity index is 3.13. The zero-order chi connectivity index (χ0) is 9.14. The van der Waals surface area contributed by atoms with Crippen molar-refractivity contribution in [2.45, 2.75) is 13.3 Å². The molecule has 0 radical (unpaired) electrons. The van der Waals surface area contributed by atoms with Gasteiger partial charge in [-0.25, -0.2) is 0 Å². The monoisotopic (exact) mass is 202 g/mol. The highest BCUT2D eigenvalue weighted by atomic mass is 35.5. The van der Waals surface area contributed by atoms with Crippen molar-refractivity contribution >= 4 is 29.0 Å². The molecule has 12 heavy (non-hydrogen) atoms. The van der Waals surface area contributed by atoms with Gasteiger partial charge in [-0.3, -0.25) is 4.79 Å². The van der Waals surface area contributed by atoms with E-state index in [1.54, 1.807) is 25.1 Å². The number of hydrogen-bond donors (Lipinski definition) is 0. The fraction of sp³-hybridized carbons (Fsp3) is 0.222. The summed E-state index contributed by atoms with van der Waals surface area (Å²) in [5, 5.41) is 1.00. The van der Waals surface area contributed by atoms with E-state index in [0.29, 0.717) is 22.0 Å². The lowest BCUT2D eigenvalue weighted by Gasteiger charge is -2.00. The van der Waals surface area contributed by atoms with E-state index < -0.39 is 0 Å². The summed E-state index contributed by atoms with van der Waals surface area (Å²) in [4.78, 5) is 11.2. The largest absolute Gasteiger partial charge is 0.294 e. The summed E-state index contributed by atoms with van der Waals surface area (Å²) < 4.78 is 0. The van der Waals surface area contributed by atoms with E-state index in [1.165, 1.54) is 0 Å². The number of halogens is 2. The average molecular weight is 203 g/mol. The molecule has 0 atom stereocenters. The minimum absolute atomic E-state index is 0.0162. The van der Waals surface area contributed by atoms with Gasteiger partial charge in [0.2, 0.25) is 0 Å². The second kappa shape index (κ2) is 3.92. The van der Waals surface area contributed by atoms with Crippen LogP contribution in [-0.4, -0.2) is 5.78 Å². The van der Waals surface area contributed by atoms with Crippen molar-refractivity contribution in [1.29, 1.82) is 0 Å². The summed E-state index contributed by atoms with van der Waals surface area (Å²) in [7, 11) is 0. The molecule has 0 N–H and O–H groups in total. The van der Waals surface area contributed by atoms with E-state index >= 15 is 0 Å². The first-order valence-electron chi connectivity index (χ1n) is 3.63. The number of Topliss-reactive ketones (excluding diaryl/α,β-unsaturated/α-hetero) is 1. The third-order valence-corrected chi connectivity index (χ3v) is 2.11. The molecule has 0 spiro atoms. The third-order valence-electron chi connectivity index (χ3n) is 1.55. The van der Waals surface area contributed by atoms with Crippen LogP contribution in [0.15, 0.2) is 18.2 Å². The molecule has 3 heteroatoms. The quantitative estimate of drug-likeness (QED) is 0.671. The van der Waals surface area contributed by atoms with E-state index in [1.807, 2.05) is 0 Å². The highest BCUT2D eigenvalue weighted by Gasteiger charge is 2.07. The van der Waals surface area contributed by atoms with E-state index in [-0.39, 0.29) is 5.78 Å². The van der Waals surface area contributed by atoms with Gasteiger partial charge >= 0.3 is 0 Å². The minimum Gasteiger partial charge on any atom is -0.294 e. The van der Waals surface area contributed by atoms with Gasteiger partial charge in [-0.15, -0.1) is 0 Å². The number of ketones is 1. The third kappa shape index (κ3) is 1.99. The Hall–Kier alpha value is -0.530. The van der Waals surface area contributed by atoms with Crippen LogP contribution in [0.2, 0.25) is 10.0 Å². The molecule has 0 aliphatic rings. The van der Waals surface area contributed by atoms with Crippen LogP contribution in [0, 0.1) is 0 Å². The Kier molecular flexibility index (Phi) is 3.12. The van der Waals surface area contributed by atoms with Gasteiger partial charge in [0.25, 0.3) is 0 Å². The van der Waals surface area contributed by atoms with Crippen molar-refractivity contribution in [3.63, 3.8) is 0 Å². The summed E-state index contributed by atoms with van der Waals surface area (Å²) in [5.74, 6) is 0.0162. The fourth-order valence-corrected chi connectivity index (χ4v) is 1.30. The summed E-state index contributed by atoms with van der Waals surface area (Å²) in [6.07, 6.45) is 0.445. The van der Waals surface area contributed by atoms with E-state index in [9.17, 15) is 4.79 Å². The lowest BCUT2D eigenvalue weighted by molar-refractivity contribution is 0.0988. The molecule has 0 saturated carbocycles. The number of carbonyl (C=O) groups is 1. The number of hydrogen-bond acceptors (Lipinski definition) is 1. The first-order valence-corrected chi connectivity index (χ1v) is 4.39. The second-order valence-corrected chi connectivity index (χ2v) is 3.24. The molecular weight excluding hydrogens is 195 g/mol. The molecule has 0 unspecified atom stereocenters. The van der Waals surface area contributed by atoms with Crippen molar-refractivity contribution in [2.75, 3.05) is 0 Å². The van der Waals surface area contributed by atoms with Gasteiger partial charge in [0.1, 0.15) is 0 Å². The molecule has 0 fully saturated rings. The Bertz CT molecular complexity index is 307. The molecule has 64 valence electrons. The van der Waals surface area contributed by atoms with Crippen LogP contribution in [-0.2, 0) is 0 Å². The second-order valence-electron chi connectivity index (χ2n) is 2.40. The van der Waals surface area contributed by atoms with Crippen molar-refractivity contribution in [3.05, 3.63) is 33.8 Å². The van der Waals surface area contributed by atoms with Crippen LogP contribution in [0.5, 0.6) is 0 Å². The minimum atomic E-state index is 0.0162. The zero-order valence-corrected chi connectivity index (χ0v) is 8.12. The van der Waals surface area contributed by atoms with Gasteiger partial charge in [-0.05, 0) is 18.2 Å².